The van der Waals surface area contributed by atoms with Crippen LogP contribution < -0.4 is 5.73 Å². The van der Waals surface area contributed by atoms with Gasteiger partial charge in [-0.05, 0) is 19.4 Å². The summed E-state index contributed by atoms with van der Waals surface area (Å²) in [5, 5.41) is 0. The third kappa shape index (κ3) is 3.91. The Kier molecular flexibility index (Phi) is 5.58. The number of sulfone groups is 1. The molecule has 0 aliphatic carbocycles. The Bertz CT molecular complexity index is 375. The molecule has 0 aliphatic heterocycles. The summed E-state index contributed by atoms with van der Waals surface area (Å²) in [5.74, 6) is 0. The average Bonchev–Trinajstić information content (AvgIpc) is 2.47. The Morgan fingerprint density at radius 2 is 2.21 bits per heavy atom. The van der Waals surface area contributed by atoms with Crippen molar-refractivity contribution in [2.24, 2.45) is 5.73 Å². The Labute approximate surface area is 93.9 Å². The van der Waals surface area contributed by atoms with E-state index in [-0.39, 0.29) is 16.7 Å². The van der Waals surface area contributed by atoms with Crippen molar-refractivity contribution in [2.45, 2.75) is 17.2 Å². The summed E-state index contributed by atoms with van der Waals surface area (Å²) in [5.41, 5.74) is 5.33. The molecule has 0 bridgehead atoms. The predicted octanol–water partition coefficient (Wildman–Crippen LogP) is 0.860. The van der Waals surface area contributed by atoms with Gasteiger partial charge in [-0.2, -0.15) is 0 Å². The van der Waals surface area contributed by atoms with Crippen LogP contribution in [0.2, 0.25) is 0 Å². The molecule has 0 saturated heterocycles. The lowest BCUT2D eigenvalue weighted by molar-refractivity contribution is 0.601. The van der Waals surface area contributed by atoms with Gasteiger partial charge in [0.25, 0.3) is 0 Å². The second-order valence-electron chi connectivity index (χ2n) is 2.76. The van der Waals surface area contributed by atoms with E-state index in [1.807, 2.05) is 0 Å². The van der Waals surface area contributed by atoms with Crippen molar-refractivity contribution in [3.8, 4) is 0 Å². The molecule has 0 atom stereocenters. The average molecular weight is 257 g/mol. The number of nitrogens with two attached hydrogens (primary N) is 1. The van der Waals surface area contributed by atoms with Crippen LogP contribution in [-0.2, 0) is 16.3 Å². The summed E-state index contributed by atoms with van der Waals surface area (Å²) in [4.78, 5) is 4.81. The fourth-order valence-corrected chi connectivity index (χ4v) is 2.71. The molecule has 7 heteroatoms. The van der Waals surface area contributed by atoms with Gasteiger partial charge in [0.2, 0.25) is 14.2 Å². The number of hydrogen-bond acceptors (Lipinski definition) is 5. The highest BCUT2D eigenvalue weighted by molar-refractivity contribution is 7.92. The van der Waals surface area contributed by atoms with Gasteiger partial charge in [0.05, 0.1) is 0 Å². The molecule has 82 valence electrons. The van der Waals surface area contributed by atoms with E-state index >= 15 is 0 Å². The zero-order valence-electron chi connectivity index (χ0n) is 7.76. The van der Waals surface area contributed by atoms with Crippen LogP contribution in [0.1, 0.15) is 11.3 Å². The van der Waals surface area contributed by atoms with Gasteiger partial charge in [-0.15, -0.1) is 23.7 Å². The van der Waals surface area contributed by atoms with Crippen molar-refractivity contribution in [3.63, 3.8) is 0 Å². The molecule has 1 aromatic heterocycles. The second kappa shape index (κ2) is 5.65. The van der Waals surface area contributed by atoms with Crippen molar-refractivity contribution < 1.29 is 8.42 Å². The summed E-state index contributed by atoms with van der Waals surface area (Å²) in [7, 11) is -3.13. The Balaban J connectivity index is 0.00000169. The first-order chi connectivity index (χ1) is 6.04. The minimum Gasteiger partial charge on any atom is -0.330 e. The van der Waals surface area contributed by atoms with Gasteiger partial charge in [-0.1, -0.05) is 0 Å². The van der Waals surface area contributed by atoms with E-state index in [0.717, 1.165) is 17.7 Å². The van der Waals surface area contributed by atoms with E-state index in [9.17, 15) is 8.42 Å². The number of aromatic nitrogens is 1. The van der Waals surface area contributed by atoms with Crippen LogP contribution in [0, 0.1) is 0 Å². The molecular formula is C7H13ClN2O2S2. The van der Waals surface area contributed by atoms with Crippen molar-refractivity contribution in [1.82, 2.24) is 4.98 Å². The van der Waals surface area contributed by atoms with Gasteiger partial charge < -0.3 is 5.73 Å². The molecule has 0 unspecified atom stereocenters. The molecular weight excluding hydrogens is 244 g/mol. The molecule has 1 aromatic rings. The molecule has 0 radical (unpaired) electrons. The Morgan fingerprint density at radius 1 is 1.57 bits per heavy atom. The maximum atomic E-state index is 11.0. The van der Waals surface area contributed by atoms with Crippen LogP contribution in [0.15, 0.2) is 10.5 Å². The Hall–Kier alpha value is -0.170. The first-order valence-corrected chi connectivity index (χ1v) is 6.59. The standard InChI is InChI=1S/C7H12N2O2S2.ClH/c1-13(10,11)7-9-5-6(12-7)3-2-4-8;/h5H,2-4,8H2,1H3;1H. The zero-order valence-corrected chi connectivity index (χ0v) is 10.2. The molecule has 0 fully saturated rings. The summed E-state index contributed by atoms with van der Waals surface area (Å²) in [6, 6.07) is 0. The van der Waals surface area contributed by atoms with E-state index in [0.29, 0.717) is 6.54 Å². The van der Waals surface area contributed by atoms with E-state index in [1.54, 1.807) is 6.20 Å². The number of aryl methyl sites for hydroxylation is 1. The fourth-order valence-electron chi connectivity index (χ4n) is 0.853. The summed E-state index contributed by atoms with van der Waals surface area (Å²) >= 11 is 1.23. The highest BCUT2D eigenvalue weighted by Gasteiger charge is 2.11. The van der Waals surface area contributed by atoms with E-state index < -0.39 is 9.84 Å². The molecule has 0 spiro atoms. The topological polar surface area (TPSA) is 73.0 Å². The molecule has 4 nitrogen and oxygen atoms in total. The largest absolute Gasteiger partial charge is 0.330 e. The lowest BCUT2D eigenvalue weighted by Crippen LogP contribution is -1.99. The predicted molar refractivity (Wildman–Crippen MR) is 59.8 cm³/mol. The molecule has 0 amide bonds. The van der Waals surface area contributed by atoms with Crippen LogP contribution in [0.5, 0.6) is 0 Å². The molecule has 14 heavy (non-hydrogen) atoms. The minimum absolute atomic E-state index is 0. The molecule has 2 N–H and O–H groups in total. The summed E-state index contributed by atoms with van der Waals surface area (Å²) in [6.45, 7) is 0.617. The number of halogens is 1. The third-order valence-electron chi connectivity index (χ3n) is 1.48. The Morgan fingerprint density at radius 3 is 2.64 bits per heavy atom. The van der Waals surface area contributed by atoms with Gasteiger partial charge in [-0.25, -0.2) is 13.4 Å². The number of thiazole rings is 1. The quantitative estimate of drug-likeness (QED) is 0.867. The minimum atomic E-state index is -3.13. The summed E-state index contributed by atoms with van der Waals surface area (Å²) in [6.07, 6.45) is 4.45. The molecule has 1 rings (SSSR count). The number of hydrogen-bond donors (Lipinski definition) is 1. The van der Waals surface area contributed by atoms with Gasteiger partial charge in [-0.3, -0.25) is 0 Å². The normalized spacial score (nSPS) is 11.0. The fraction of sp³-hybridized carbons (Fsp3) is 0.571. The highest BCUT2D eigenvalue weighted by Crippen LogP contribution is 2.18. The maximum absolute atomic E-state index is 11.0. The van der Waals surface area contributed by atoms with Gasteiger partial charge in [0.1, 0.15) is 0 Å². The SMILES string of the molecule is CS(=O)(=O)c1ncc(CCCN)s1.Cl. The zero-order chi connectivity index (χ0) is 9.90. The lowest BCUT2D eigenvalue weighted by Gasteiger charge is -1.91. The number of rotatable bonds is 4. The first-order valence-electron chi connectivity index (χ1n) is 3.89. The van der Waals surface area contributed by atoms with Crippen molar-refractivity contribution in [3.05, 3.63) is 11.1 Å². The van der Waals surface area contributed by atoms with Crippen LogP contribution in [0.4, 0.5) is 0 Å². The number of nitrogens with zero attached hydrogens (tertiary/aromatic N) is 1. The van der Waals surface area contributed by atoms with Crippen LogP contribution >= 0.6 is 23.7 Å². The molecule has 1 heterocycles. The molecule has 0 aliphatic rings. The van der Waals surface area contributed by atoms with E-state index in [4.69, 9.17) is 5.73 Å². The van der Waals surface area contributed by atoms with Crippen LogP contribution in [-0.4, -0.2) is 26.2 Å². The monoisotopic (exact) mass is 256 g/mol. The third-order valence-corrected chi connectivity index (χ3v) is 4.23. The maximum Gasteiger partial charge on any atom is 0.209 e. The molecule has 0 aromatic carbocycles. The van der Waals surface area contributed by atoms with Gasteiger partial charge in [0.15, 0.2) is 0 Å². The van der Waals surface area contributed by atoms with E-state index in [1.165, 1.54) is 17.6 Å². The first kappa shape index (κ1) is 13.8. The van der Waals surface area contributed by atoms with Crippen molar-refractivity contribution in [2.75, 3.05) is 12.8 Å². The van der Waals surface area contributed by atoms with Crippen molar-refractivity contribution >= 4 is 33.6 Å². The highest BCUT2D eigenvalue weighted by atomic mass is 35.5. The molecule has 0 saturated carbocycles. The lowest BCUT2D eigenvalue weighted by atomic mass is 10.3. The summed E-state index contributed by atoms with van der Waals surface area (Å²) < 4.78 is 22.3. The van der Waals surface area contributed by atoms with Crippen molar-refractivity contribution in [1.29, 1.82) is 0 Å². The smallest absolute Gasteiger partial charge is 0.209 e. The van der Waals surface area contributed by atoms with E-state index in [2.05, 4.69) is 4.98 Å². The van der Waals surface area contributed by atoms with Crippen LogP contribution in [0.25, 0.3) is 0 Å². The van der Waals surface area contributed by atoms with Crippen LogP contribution in [0.3, 0.4) is 0 Å². The van der Waals surface area contributed by atoms with Gasteiger partial charge >= 0.3 is 0 Å². The second-order valence-corrected chi connectivity index (χ2v) is 6.06. The van der Waals surface area contributed by atoms with Gasteiger partial charge in [0, 0.05) is 17.3 Å².